The van der Waals surface area contributed by atoms with Crippen LogP contribution in [0, 0.1) is 0 Å². The molecule has 3 aromatic rings. The van der Waals surface area contributed by atoms with Crippen LogP contribution in [-0.4, -0.2) is 32.2 Å². The van der Waals surface area contributed by atoms with Gasteiger partial charge in [-0.25, -0.2) is 0 Å². The minimum Gasteiger partial charge on any atom is -0.497 e. The molecule has 156 valence electrons. The van der Waals surface area contributed by atoms with Crippen LogP contribution in [0.25, 0.3) is 0 Å². The Balaban J connectivity index is 1.87. The third-order valence-corrected chi connectivity index (χ3v) is 4.64. The number of ether oxygens (including phenoxy) is 4. The van der Waals surface area contributed by atoms with E-state index >= 15 is 0 Å². The lowest BCUT2D eigenvalue weighted by atomic mass is 9.95. The summed E-state index contributed by atoms with van der Waals surface area (Å²) in [5, 5.41) is 10.0. The molecular formula is C24H24O6. The van der Waals surface area contributed by atoms with E-state index in [1.807, 2.05) is 30.3 Å². The van der Waals surface area contributed by atoms with Crippen LogP contribution in [0.2, 0.25) is 0 Å². The molecule has 0 aromatic heterocycles. The number of carbonyl (C=O) groups excluding carboxylic acids is 1. The molecule has 1 unspecified atom stereocenters. The van der Waals surface area contributed by atoms with Gasteiger partial charge in [0.25, 0.3) is 0 Å². The third-order valence-electron chi connectivity index (χ3n) is 4.64. The molecule has 6 heteroatoms. The van der Waals surface area contributed by atoms with Crippen LogP contribution in [0.3, 0.4) is 0 Å². The average molecular weight is 408 g/mol. The van der Waals surface area contributed by atoms with Crippen molar-refractivity contribution in [3.8, 4) is 23.0 Å². The van der Waals surface area contributed by atoms with Gasteiger partial charge < -0.3 is 24.1 Å². The molecule has 0 aliphatic rings. The van der Waals surface area contributed by atoms with E-state index in [9.17, 15) is 9.90 Å². The highest BCUT2D eigenvalue weighted by Gasteiger charge is 2.34. The highest BCUT2D eigenvalue weighted by molar-refractivity contribution is 5.67. The first-order valence-corrected chi connectivity index (χ1v) is 9.39. The Hall–Kier alpha value is -3.51. The zero-order chi connectivity index (χ0) is 21.4. The number of rotatable bonds is 10. The zero-order valence-corrected chi connectivity index (χ0v) is 16.9. The lowest BCUT2D eigenvalue weighted by Crippen LogP contribution is -2.39. The van der Waals surface area contributed by atoms with Gasteiger partial charge in [-0.3, -0.25) is 4.79 Å². The Labute approximate surface area is 175 Å². The second-order valence-corrected chi connectivity index (χ2v) is 6.61. The van der Waals surface area contributed by atoms with Crippen LogP contribution < -0.4 is 18.9 Å². The summed E-state index contributed by atoms with van der Waals surface area (Å²) in [6.07, 6.45) is 0.582. The minimum absolute atomic E-state index is 0.328. The Morgan fingerprint density at radius 2 is 1.47 bits per heavy atom. The number of benzene rings is 3. The Kier molecular flexibility index (Phi) is 6.93. The maximum atomic E-state index is 12.0. The highest BCUT2D eigenvalue weighted by Crippen LogP contribution is 2.33. The fraction of sp³-hybridized carbons (Fsp3) is 0.208. The molecule has 0 aliphatic heterocycles. The summed E-state index contributed by atoms with van der Waals surface area (Å²) in [5.41, 5.74) is -0.0657. The largest absolute Gasteiger partial charge is 0.497 e. The second-order valence-electron chi connectivity index (χ2n) is 6.61. The Morgan fingerprint density at radius 3 is 2.07 bits per heavy atom. The summed E-state index contributed by atoms with van der Waals surface area (Å²) in [5.74, 6) is 1.98. The van der Waals surface area contributed by atoms with Gasteiger partial charge in [0.1, 0.15) is 29.6 Å². The standard InChI is InChI=1S/C24H24O6/c1-27-20-10-8-19(9-11-20)24(16-25,17-26)30-23-13-21(28-2)12-22(14-23)29-15-18-6-4-3-5-7-18/h3-14,16,26H,15,17H2,1-2H3. The van der Waals surface area contributed by atoms with Crippen molar-refractivity contribution in [1.82, 2.24) is 0 Å². The topological polar surface area (TPSA) is 74.2 Å². The van der Waals surface area contributed by atoms with Gasteiger partial charge in [-0.2, -0.15) is 0 Å². The maximum absolute atomic E-state index is 12.0. The van der Waals surface area contributed by atoms with Gasteiger partial charge >= 0.3 is 0 Å². The van der Waals surface area contributed by atoms with Gasteiger partial charge in [-0.05, 0) is 17.7 Å². The number of hydrogen-bond donors (Lipinski definition) is 1. The highest BCUT2D eigenvalue weighted by atomic mass is 16.5. The SMILES string of the molecule is COc1ccc(C(C=O)(CO)Oc2cc(OC)cc(OCc3ccccc3)c2)cc1. The van der Waals surface area contributed by atoms with E-state index in [1.54, 1.807) is 49.6 Å². The monoisotopic (exact) mass is 408 g/mol. The smallest absolute Gasteiger partial charge is 0.211 e. The van der Waals surface area contributed by atoms with E-state index in [0.29, 0.717) is 41.5 Å². The van der Waals surface area contributed by atoms with Gasteiger partial charge in [0, 0.05) is 23.8 Å². The van der Waals surface area contributed by atoms with Crippen molar-refractivity contribution in [2.75, 3.05) is 20.8 Å². The molecule has 0 aliphatic carbocycles. The Morgan fingerprint density at radius 1 is 0.833 bits per heavy atom. The molecular weight excluding hydrogens is 384 g/mol. The molecule has 3 aromatic carbocycles. The lowest BCUT2D eigenvalue weighted by Gasteiger charge is -2.28. The van der Waals surface area contributed by atoms with Crippen molar-refractivity contribution in [3.05, 3.63) is 83.9 Å². The molecule has 0 amide bonds. The number of aliphatic hydroxyl groups excluding tert-OH is 1. The van der Waals surface area contributed by atoms with Crippen molar-refractivity contribution >= 4 is 6.29 Å². The van der Waals surface area contributed by atoms with E-state index in [2.05, 4.69) is 0 Å². The number of hydrogen-bond acceptors (Lipinski definition) is 6. The Bertz CT molecular complexity index is 955. The fourth-order valence-electron chi connectivity index (χ4n) is 2.94. The quantitative estimate of drug-likeness (QED) is 0.515. The first kappa shape index (κ1) is 21.2. The van der Waals surface area contributed by atoms with Gasteiger partial charge in [0.15, 0.2) is 6.29 Å². The van der Waals surface area contributed by atoms with Crippen LogP contribution in [0.4, 0.5) is 0 Å². The summed E-state index contributed by atoms with van der Waals surface area (Å²) in [4.78, 5) is 12.0. The van der Waals surface area contributed by atoms with E-state index in [0.717, 1.165) is 5.56 Å². The first-order chi connectivity index (χ1) is 14.6. The minimum atomic E-state index is -1.57. The maximum Gasteiger partial charge on any atom is 0.211 e. The van der Waals surface area contributed by atoms with Crippen LogP contribution in [0.5, 0.6) is 23.0 Å². The van der Waals surface area contributed by atoms with Crippen LogP contribution in [0.15, 0.2) is 72.8 Å². The zero-order valence-electron chi connectivity index (χ0n) is 16.9. The summed E-state index contributed by atoms with van der Waals surface area (Å²) in [7, 11) is 3.08. The number of aldehydes is 1. The number of carbonyl (C=O) groups is 1. The summed E-state index contributed by atoms with van der Waals surface area (Å²) >= 11 is 0. The predicted molar refractivity (Wildman–Crippen MR) is 112 cm³/mol. The molecule has 0 radical (unpaired) electrons. The number of methoxy groups -OCH3 is 2. The van der Waals surface area contributed by atoms with E-state index in [1.165, 1.54) is 7.11 Å². The van der Waals surface area contributed by atoms with Crippen molar-refractivity contribution in [1.29, 1.82) is 0 Å². The summed E-state index contributed by atoms with van der Waals surface area (Å²) in [6.45, 7) is -0.176. The molecule has 0 heterocycles. The van der Waals surface area contributed by atoms with E-state index < -0.39 is 12.2 Å². The number of aliphatic hydroxyl groups is 1. The van der Waals surface area contributed by atoms with Crippen LogP contribution in [-0.2, 0) is 17.0 Å². The molecule has 0 spiro atoms. The molecule has 3 rings (SSSR count). The van der Waals surface area contributed by atoms with Gasteiger partial charge in [-0.1, -0.05) is 42.5 Å². The normalized spacial score (nSPS) is 12.5. The fourth-order valence-corrected chi connectivity index (χ4v) is 2.94. The lowest BCUT2D eigenvalue weighted by molar-refractivity contribution is -0.125. The van der Waals surface area contributed by atoms with Gasteiger partial charge in [0.05, 0.1) is 20.8 Å². The predicted octanol–water partition coefficient (Wildman–Crippen LogP) is 3.75. The van der Waals surface area contributed by atoms with Crippen molar-refractivity contribution in [3.63, 3.8) is 0 Å². The van der Waals surface area contributed by atoms with Crippen molar-refractivity contribution in [2.24, 2.45) is 0 Å². The third kappa shape index (κ3) is 4.90. The molecule has 6 nitrogen and oxygen atoms in total. The molecule has 1 atom stereocenters. The van der Waals surface area contributed by atoms with E-state index in [4.69, 9.17) is 18.9 Å². The van der Waals surface area contributed by atoms with Gasteiger partial charge in [-0.15, -0.1) is 0 Å². The summed E-state index contributed by atoms with van der Waals surface area (Å²) in [6, 6.07) is 21.5. The van der Waals surface area contributed by atoms with E-state index in [-0.39, 0.29) is 0 Å². The van der Waals surface area contributed by atoms with Crippen molar-refractivity contribution in [2.45, 2.75) is 12.2 Å². The molecule has 0 saturated carbocycles. The molecule has 0 saturated heterocycles. The summed E-state index contributed by atoms with van der Waals surface area (Å²) < 4.78 is 22.3. The van der Waals surface area contributed by atoms with Gasteiger partial charge in [0.2, 0.25) is 5.60 Å². The molecule has 30 heavy (non-hydrogen) atoms. The van der Waals surface area contributed by atoms with Crippen molar-refractivity contribution < 1.29 is 28.8 Å². The molecule has 1 N–H and O–H groups in total. The van der Waals surface area contributed by atoms with Crippen LogP contribution >= 0.6 is 0 Å². The van der Waals surface area contributed by atoms with Crippen LogP contribution in [0.1, 0.15) is 11.1 Å². The molecule has 0 fully saturated rings. The first-order valence-electron chi connectivity index (χ1n) is 9.39. The molecule has 0 bridgehead atoms. The second kappa shape index (κ2) is 9.80. The average Bonchev–Trinajstić information content (AvgIpc) is 2.82.